The van der Waals surface area contributed by atoms with Crippen molar-refractivity contribution in [2.24, 2.45) is 5.73 Å². The van der Waals surface area contributed by atoms with Gasteiger partial charge in [0, 0.05) is 10.0 Å². The predicted octanol–water partition coefficient (Wildman–Crippen LogP) is 2.07. The molecule has 3 nitrogen and oxygen atoms in total. The maximum Gasteiger partial charge on any atom is 0.124 e. The molecule has 0 fully saturated rings. The van der Waals surface area contributed by atoms with Gasteiger partial charge < -0.3 is 15.6 Å². The summed E-state index contributed by atoms with van der Waals surface area (Å²) in [6.07, 6.45) is 0. The van der Waals surface area contributed by atoms with E-state index in [2.05, 4.69) is 15.9 Å². The summed E-state index contributed by atoms with van der Waals surface area (Å²) in [5.41, 5.74) is 8.82. The number of nitrogens with two attached hydrogens (primary N) is 1. The number of aliphatic hydroxyl groups excluding tert-OH is 1. The topological polar surface area (TPSA) is 55.5 Å². The molecule has 1 rings (SSSR count). The summed E-state index contributed by atoms with van der Waals surface area (Å²) >= 11 is 3.50. The SMILES string of the molecule is COc1cc(C)c(Br)c(C)c1C(N)CO. The van der Waals surface area contributed by atoms with Crippen LogP contribution in [0.25, 0.3) is 0 Å². The Balaban J connectivity index is 3.40. The second kappa shape index (κ2) is 4.96. The van der Waals surface area contributed by atoms with Crippen molar-refractivity contribution in [2.45, 2.75) is 19.9 Å². The van der Waals surface area contributed by atoms with E-state index in [1.54, 1.807) is 7.11 Å². The molecular formula is C11H16BrNO2. The molecule has 84 valence electrons. The van der Waals surface area contributed by atoms with Gasteiger partial charge in [-0.2, -0.15) is 0 Å². The van der Waals surface area contributed by atoms with Crippen LogP contribution in [-0.2, 0) is 0 Å². The van der Waals surface area contributed by atoms with E-state index in [-0.39, 0.29) is 6.61 Å². The van der Waals surface area contributed by atoms with Crippen LogP contribution in [0.1, 0.15) is 22.7 Å². The second-order valence-corrected chi connectivity index (χ2v) is 4.33. The number of aliphatic hydroxyl groups is 1. The quantitative estimate of drug-likeness (QED) is 0.887. The summed E-state index contributed by atoms with van der Waals surface area (Å²) in [5.74, 6) is 0.731. The van der Waals surface area contributed by atoms with Gasteiger partial charge in [-0.3, -0.25) is 0 Å². The van der Waals surface area contributed by atoms with E-state index in [1.165, 1.54) is 0 Å². The smallest absolute Gasteiger partial charge is 0.124 e. The molecule has 1 atom stereocenters. The van der Waals surface area contributed by atoms with E-state index < -0.39 is 6.04 Å². The zero-order valence-electron chi connectivity index (χ0n) is 9.17. The Morgan fingerprint density at radius 3 is 2.60 bits per heavy atom. The molecule has 0 aromatic heterocycles. The van der Waals surface area contributed by atoms with Crippen LogP contribution in [-0.4, -0.2) is 18.8 Å². The molecule has 15 heavy (non-hydrogen) atoms. The lowest BCUT2D eigenvalue weighted by Crippen LogP contribution is -2.17. The van der Waals surface area contributed by atoms with Crippen LogP contribution in [0.4, 0.5) is 0 Å². The first-order valence-electron chi connectivity index (χ1n) is 4.73. The minimum atomic E-state index is -0.406. The van der Waals surface area contributed by atoms with Gasteiger partial charge >= 0.3 is 0 Å². The highest BCUT2D eigenvalue weighted by Crippen LogP contribution is 2.34. The fraction of sp³-hybridized carbons (Fsp3) is 0.455. The summed E-state index contributed by atoms with van der Waals surface area (Å²) in [5, 5.41) is 9.10. The molecule has 0 radical (unpaired) electrons. The van der Waals surface area contributed by atoms with Gasteiger partial charge in [-0.1, -0.05) is 15.9 Å². The number of benzene rings is 1. The van der Waals surface area contributed by atoms with Gasteiger partial charge in [0.15, 0.2) is 0 Å². The van der Waals surface area contributed by atoms with Gasteiger partial charge in [-0.15, -0.1) is 0 Å². The summed E-state index contributed by atoms with van der Waals surface area (Å²) in [4.78, 5) is 0. The number of hydrogen-bond donors (Lipinski definition) is 2. The average molecular weight is 274 g/mol. The molecule has 0 spiro atoms. The third-order valence-corrected chi connectivity index (χ3v) is 3.70. The van der Waals surface area contributed by atoms with Crippen molar-refractivity contribution in [1.82, 2.24) is 0 Å². The van der Waals surface area contributed by atoms with Crippen molar-refractivity contribution in [1.29, 1.82) is 0 Å². The Morgan fingerprint density at radius 1 is 1.53 bits per heavy atom. The van der Waals surface area contributed by atoms with Crippen molar-refractivity contribution in [3.8, 4) is 5.75 Å². The van der Waals surface area contributed by atoms with E-state index in [0.29, 0.717) is 0 Å². The molecule has 1 unspecified atom stereocenters. The molecule has 0 heterocycles. The molecule has 4 heteroatoms. The van der Waals surface area contributed by atoms with Crippen molar-refractivity contribution in [2.75, 3.05) is 13.7 Å². The lowest BCUT2D eigenvalue weighted by atomic mass is 9.99. The number of methoxy groups -OCH3 is 1. The fourth-order valence-electron chi connectivity index (χ4n) is 1.66. The van der Waals surface area contributed by atoms with E-state index in [9.17, 15) is 0 Å². The maximum atomic E-state index is 9.10. The third-order valence-electron chi connectivity index (χ3n) is 2.48. The van der Waals surface area contributed by atoms with Crippen LogP contribution in [0.3, 0.4) is 0 Å². The molecule has 1 aromatic rings. The summed E-state index contributed by atoms with van der Waals surface area (Å²) in [7, 11) is 1.61. The lowest BCUT2D eigenvalue weighted by molar-refractivity contribution is 0.264. The zero-order valence-corrected chi connectivity index (χ0v) is 10.8. The molecule has 0 aliphatic rings. The van der Waals surface area contributed by atoms with Gasteiger partial charge in [-0.25, -0.2) is 0 Å². The molecular weight excluding hydrogens is 258 g/mol. The Labute approximate surface area is 98.4 Å². The first-order valence-corrected chi connectivity index (χ1v) is 5.52. The summed E-state index contributed by atoms with van der Waals surface area (Å²) < 4.78 is 6.29. The van der Waals surface area contributed by atoms with Gasteiger partial charge in [0.1, 0.15) is 5.75 Å². The van der Waals surface area contributed by atoms with Crippen molar-refractivity contribution < 1.29 is 9.84 Å². The average Bonchev–Trinajstić information content (AvgIpc) is 2.24. The summed E-state index contributed by atoms with van der Waals surface area (Å²) in [6, 6.07) is 1.51. The number of ether oxygens (including phenoxy) is 1. The van der Waals surface area contributed by atoms with Crippen LogP contribution < -0.4 is 10.5 Å². The molecule has 0 bridgehead atoms. The van der Waals surface area contributed by atoms with Crippen molar-refractivity contribution in [3.05, 3.63) is 27.2 Å². The largest absolute Gasteiger partial charge is 0.496 e. The Bertz CT molecular complexity index is 366. The van der Waals surface area contributed by atoms with E-state index in [4.69, 9.17) is 15.6 Å². The van der Waals surface area contributed by atoms with Gasteiger partial charge in [0.2, 0.25) is 0 Å². The molecule has 0 amide bonds. The summed E-state index contributed by atoms with van der Waals surface area (Å²) in [6.45, 7) is 3.87. The van der Waals surface area contributed by atoms with Crippen LogP contribution in [0.15, 0.2) is 10.5 Å². The highest BCUT2D eigenvalue weighted by atomic mass is 79.9. The van der Waals surface area contributed by atoms with Gasteiger partial charge in [-0.05, 0) is 31.0 Å². The van der Waals surface area contributed by atoms with Crippen LogP contribution >= 0.6 is 15.9 Å². The Kier molecular flexibility index (Phi) is 4.13. The molecule has 0 saturated carbocycles. The number of aryl methyl sites for hydroxylation is 1. The van der Waals surface area contributed by atoms with Crippen molar-refractivity contribution >= 4 is 15.9 Å². The Hall–Kier alpha value is -0.580. The molecule has 0 aliphatic heterocycles. The monoisotopic (exact) mass is 273 g/mol. The fourth-order valence-corrected chi connectivity index (χ4v) is 1.99. The van der Waals surface area contributed by atoms with Gasteiger partial charge in [0.25, 0.3) is 0 Å². The molecule has 3 N–H and O–H groups in total. The zero-order chi connectivity index (χ0) is 11.6. The highest BCUT2D eigenvalue weighted by molar-refractivity contribution is 9.10. The molecule has 1 aromatic carbocycles. The lowest BCUT2D eigenvalue weighted by Gasteiger charge is -2.19. The van der Waals surface area contributed by atoms with E-state index in [0.717, 1.165) is 26.9 Å². The van der Waals surface area contributed by atoms with Gasteiger partial charge in [0.05, 0.1) is 19.8 Å². The second-order valence-electron chi connectivity index (χ2n) is 3.54. The van der Waals surface area contributed by atoms with Crippen molar-refractivity contribution in [3.63, 3.8) is 0 Å². The Morgan fingerprint density at radius 2 is 2.13 bits per heavy atom. The number of hydrogen-bond acceptors (Lipinski definition) is 3. The van der Waals surface area contributed by atoms with Crippen LogP contribution in [0, 0.1) is 13.8 Å². The first kappa shape index (κ1) is 12.5. The minimum Gasteiger partial charge on any atom is -0.496 e. The number of halogens is 1. The maximum absolute atomic E-state index is 9.10. The first-order chi connectivity index (χ1) is 7.02. The molecule has 0 aliphatic carbocycles. The van der Waals surface area contributed by atoms with Crippen LogP contribution in [0.5, 0.6) is 5.75 Å². The predicted molar refractivity (Wildman–Crippen MR) is 64.2 cm³/mol. The third kappa shape index (κ3) is 2.33. The highest BCUT2D eigenvalue weighted by Gasteiger charge is 2.17. The minimum absolute atomic E-state index is 0.0906. The number of rotatable bonds is 3. The van der Waals surface area contributed by atoms with E-state index in [1.807, 2.05) is 19.9 Å². The van der Waals surface area contributed by atoms with Crippen LogP contribution in [0.2, 0.25) is 0 Å². The normalized spacial score (nSPS) is 12.7. The standard InChI is InChI=1S/C11H16BrNO2/c1-6-4-9(15-3)10(8(13)5-14)7(2)11(6)12/h4,8,14H,5,13H2,1-3H3. The molecule has 0 saturated heterocycles. The van der Waals surface area contributed by atoms with E-state index >= 15 is 0 Å².